The Bertz CT molecular complexity index is 52.4. The topological polar surface area (TPSA) is 19.9 Å². The maximum Gasteiger partial charge on any atom is 0.203 e. The van der Waals surface area contributed by atoms with Crippen molar-refractivity contribution in [2.45, 2.75) is 4.11 Å². The number of terminal acetylenes is 1. The normalized spacial score (nSPS) is 13.0. The Balaban J connectivity index is 2.94. The minimum Gasteiger partial charge on any atom is -0.207 e. The quantitative estimate of drug-likeness (QED) is 0.299. The molecule has 0 aliphatic rings. The van der Waals surface area contributed by atoms with Crippen molar-refractivity contribution in [3.05, 3.63) is 0 Å². The molecule has 0 heterocycles. The van der Waals surface area contributed by atoms with E-state index < -0.39 is 4.11 Å². The monoisotopic (exact) mass is 181 g/mol. The Labute approximate surface area is 44.5 Å². The molecule has 0 rings (SSSR count). The van der Waals surface area contributed by atoms with Crippen molar-refractivity contribution < 1.29 is 5.11 Å². The number of rotatable bonds is 0. The predicted octanol–water partition coefficient (Wildman–Crippen LogP) is 0.811. The minimum absolute atomic E-state index is 0.868. The number of hydrogen-bond donors (Lipinski definition) is 0. The molecule has 0 aromatic rings. The molecule has 0 aliphatic heterocycles. The first kappa shape index (κ1) is 5.25. The summed E-state index contributed by atoms with van der Waals surface area (Å²) < 4.78 is -0.868. The molecule has 1 atom stereocenters. The Kier molecular flexibility index (Phi) is 2.61. The van der Waals surface area contributed by atoms with Gasteiger partial charge >= 0.3 is 0 Å². The van der Waals surface area contributed by atoms with E-state index in [1.807, 2.05) is 5.92 Å². The lowest BCUT2D eigenvalue weighted by molar-refractivity contribution is 0.223. The second kappa shape index (κ2) is 2.49. The fourth-order valence-corrected chi connectivity index (χ4v) is 0. The maximum atomic E-state index is 9.65. The van der Waals surface area contributed by atoms with Crippen molar-refractivity contribution >= 4 is 22.6 Å². The summed E-state index contributed by atoms with van der Waals surface area (Å²) in [6.07, 6.45) is 4.60. The third-order valence-electron chi connectivity index (χ3n) is 0.131. The zero-order valence-electron chi connectivity index (χ0n) is 2.44. The van der Waals surface area contributed by atoms with Gasteiger partial charge in [0.15, 0.2) is 0 Å². The van der Waals surface area contributed by atoms with E-state index in [0.717, 1.165) is 0 Å². The lowest BCUT2D eigenvalue weighted by atomic mass is 10.8. The Morgan fingerprint density at radius 3 is 2.20 bits per heavy atom. The van der Waals surface area contributed by atoms with Gasteiger partial charge in [-0.1, -0.05) is 5.92 Å². The van der Waals surface area contributed by atoms with Crippen LogP contribution in [0.25, 0.3) is 0 Å². The standard InChI is InChI=1S/C3H2IO/c1-2-3(4)5/h1,3H. The van der Waals surface area contributed by atoms with Crippen LogP contribution in [0.15, 0.2) is 0 Å². The van der Waals surface area contributed by atoms with Crippen LogP contribution in [0.1, 0.15) is 0 Å². The van der Waals surface area contributed by atoms with Crippen molar-refractivity contribution in [2.75, 3.05) is 0 Å². The molecule has 0 fully saturated rings. The van der Waals surface area contributed by atoms with Crippen molar-refractivity contribution in [1.29, 1.82) is 0 Å². The average molecular weight is 181 g/mol. The molecule has 0 saturated heterocycles. The summed E-state index contributed by atoms with van der Waals surface area (Å²) in [5.74, 6) is 1.96. The van der Waals surface area contributed by atoms with Crippen LogP contribution < -0.4 is 0 Å². The Morgan fingerprint density at radius 2 is 2.20 bits per heavy atom. The van der Waals surface area contributed by atoms with Gasteiger partial charge in [-0.05, 0) is 22.6 Å². The Hall–Kier alpha value is 0.250. The highest BCUT2D eigenvalue weighted by molar-refractivity contribution is 14.1. The fourth-order valence-electron chi connectivity index (χ4n) is 0. The van der Waals surface area contributed by atoms with Crippen LogP contribution in [-0.2, 0) is 5.11 Å². The van der Waals surface area contributed by atoms with Gasteiger partial charge in [0.25, 0.3) is 0 Å². The first-order chi connectivity index (χ1) is 2.27. The fraction of sp³-hybridized carbons (Fsp3) is 0.333. The first-order valence-corrected chi connectivity index (χ1v) is 2.28. The van der Waals surface area contributed by atoms with E-state index in [2.05, 4.69) is 6.42 Å². The molecule has 0 aromatic carbocycles. The average Bonchev–Trinajstić information content (AvgIpc) is 1.38. The van der Waals surface area contributed by atoms with E-state index >= 15 is 0 Å². The third-order valence-corrected chi connectivity index (χ3v) is 0.491. The maximum absolute atomic E-state index is 9.65. The molecule has 0 aromatic heterocycles. The molecule has 0 spiro atoms. The van der Waals surface area contributed by atoms with Gasteiger partial charge in [-0.25, -0.2) is 5.11 Å². The molecular formula is C3H2IO. The molecule has 0 amide bonds. The smallest absolute Gasteiger partial charge is 0.203 e. The van der Waals surface area contributed by atoms with E-state index in [1.165, 1.54) is 0 Å². The van der Waals surface area contributed by atoms with Crippen molar-refractivity contribution in [3.63, 3.8) is 0 Å². The van der Waals surface area contributed by atoms with E-state index in [1.54, 1.807) is 22.6 Å². The van der Waals surface area contributed by atoms with E-state index in [0.29, 0.717) is 0 Å². The van der Waals surface area contributed by atoms with Crippen LogP contribution in [0.2, 0.25) is 0 Å². The lowest BCUT2D eigenvalue weighted by Crippen LogP contribution is -1.79. The van der Waals surface area contributed by atoms with Crippen molar-refractivity contribution in [1.82, 2.24) is 0 Å². The summed E-state index contributed by atoms with van der Waals surface area (Å²) >= 11 is 1.61. The zero-order valence-corrected chi connectivity index (χ0v) is 4.60. The summed E-state index contributed by atoms with van der Waals surface area (Å²) in [6.45, 7) is 0. The highest BCUT2D eigenvalue weighted by Gasteiger charge is 1.82. The molecule has 1 radical (unpaired) electrons. The lowest BCUT2D eigenvalue weighted by Gasteiger charge is -1.73. The highest BCUT2D eigenvalue weighted by Crippen LogP contribution is 1.88. The van der Waals surface area contributed by atoms with Gasteiger partial charge in [-0.3, -0.25) is 0 Å². The summed E-state index contributed by atoms with van der Waals surface area (Å²) in [4.78, 5) is 0. The summed E-state index contributed by atoms with van der Waals surface area (Å²) in [7, 11) is 0. The number of alkyl halides is 1. The van der Waals surface area contributed by atoms with Crippen molar-refractivity contribution in [3.8, 4) is 12.3 Å². The second-order valence-corrected chi connectivity index (χ2v) is 1.61. The molecule has 5 heavy (non-hydrogen) atoms. The van der Waals surface area contributed by atoms with Crippen LogP contribution in [0.5, 0.6) is 0 Å². The van der Waals surface area contributed by atoms with Crippen LogP contribution in [0.4, 0.5) is 0 Å². The van der Waals surface area contributed by atoms with Gasteiger partial charge in [-0.15, -0.1) is 6.42 Å². The molecule has 27 valence electrons. The minimum atomic E-state index is -0.868. The molecular weight excluding hydrogens is 179 g/mol. The molecule has 0 N–H and O–H groups in total. The van der Waals surface area contributed by atoms with Crippen LogP contribution in [-0.4, -0.2) is 4.11 Å². The molecule has 1 nitrogen and oxygen atoms in total. The van der Waals surface area contributed by atoms with E-state index in [-0.39, 0.29) is 0 Å². The largest absolute Gasteiger partial charge is 0.207 e. The van der Waals surface area contributed by atoms with Gasteiger partial charge in [0.2, 0.25) is 4.11 Å². The van der Waals surface area contributed by atoms with Crippen LogP contribution in [0.3, 0.4) is 0 Å². The van der Waals surface area contributed by atoms with Gasteiger partial charge in [0.05, 0.1) is 0 Å². The first-order valence-electron chi connectivity index (χ1n) is 1.03. The van der Waals surface area contributed by atoms with Crippen molar-refractivity contribution in [2.24, 2.45) is 0 Å². The molecule has 0 bridgehead atoms. The highest BCUT2D eigenvalue weighted by atomic mass is 127. The van der Waals surface area contributed by atoms with Gasteiger partial charge in [0.1, 0.15) is 0 Å². The summed E-state index contributed by atoms with van der Waals surface area (Å²) in [6, 6.07) is 0. The van der Waals surface area contributed by atoms with Gasteiger partial charge in [0, 0.05) is 0 Å². The van der Waals surface area contributed by atoms with Gasteiger partial charge < -0.3 is 0 Å². The second-order valence-electron chi connectivity index (χ2n) is 0.483. The predicted molar refractivity (Wildman–Crippen MR) is 27.3 cm³/mol. The van der Waals surface area contributed by atoms with E-state index in [9.17, 15) is 5.11 Å². The molecule has 0 saturated carbocycles. The van der Waals surface area contributed by atoms with Crippen LogP contribution >= 0.6 is 22.6 Å². The number of hydrogen-bond acceptors (Lipinski definition) is 0. The van der Waals surface area contributed by atoms with Crippen LogP contribution in [0, 0.1) is 12.3 Å². The SMILES string of the molecule is C#CC([O])I. The third kappa shape index (κ3) is 4.25. The molecule has 0 aliphatic carbocycles. The molecule has 2 heteroatoms. The van der Waals surface area contributed by atoms with E-state index in [4.69, 9.17) is 0 Å². The zero-order chi connectivity index (χ0) is 4.28. The molecule has 1 unspecified atom stereocenters. The van der Waals surface area contributed by atoms with Gasteiger partial charge in [-0.2, -0.15) is 0 Å². The Morgan fingerprint density at radius 1 is 2.00 bits per heavy atom. The number of halogens is 1. The summed E-state index contributed by atoms with van der Waals surface area (Å²) in [5.41, 5.74) is 0. The summed E-state index contributed by atoms with van der Waals surface area (Å²) in [5, 5.41) is 9.65.